The Balaban J connectivity index is 3.35. The minimum atomic E-state index is 0.390. The lowest BCUT2D eigenvalue weighted by Crippen LogP contribution is -1.88. The van der Waals surface area contributed by atoms with Crippen LogP contribution in [0.15, 0.2) is 10.5 Å². The Labute approximate surface area is 77.9 Å². The van der Waals surface area contributed by atoms with Crippen LogP contribution in [0.25, 0.3) is 0 Å². The maximum Gasteiger partial charge on any atom is 0.143 e. The van der Waals surface area contributed by atoms with Gasteiger partial charge in [-0.05, 0) is 28.9 Å². The molecule has 0 saturated carbocycles. The average molecular weight is 231 g/mol. The molecular formula is C7H4BrClN2. The summed E-state index contributed by atoms with van der Waals surface area (Å²) in [5.74, 6) is 0. The average Bonchev–Trinajstić information content (AvgIpc) is 1.97. The molecule has 0 aliphatic carbocycles. The van der Waals surface area contributed by atoms with E-state index in [9.17, 15) is 0 Å². The first-order valence-corrected chi connectivity index (χ1v) is 4.05. The molecular weight excluding hydrogens is 227 g/mol. The summed E-state index contributed by atoms with van der Waals surface area (Å²) >= 11 is 8.85. The molecule has 1 aromatic heterocycles. The summed E-state index contributed by atoms with van der Waals surface area (Å²) in [5, 5.41) is 8.97. The predicted molar refractivity (Wildman–Crippen MR) is 46.4 cm³/mol. The Morgan fingerprint density at radius 1 is 1.73 bits per heavy atom. The number of nitrogens with zero attached hydrogens (tertiary/aromatic N) is 2. The zero-order valence-corrected chi connectivity index (χ0v) is 8.07. The summed E-state index contributed by atoms with van der Waals surface area (Å²) in [5.41, 5.74) is 1.20. The molecule has 4 heteroatoms. The Kier molecular flexibility index (Phi) is 2.48. The van der Waals surface area contributed by atoms with Crippen molar-refractivity contribution >= 4 is 27.5 Å². The van der Waals surface area contributed by atoms with Crippen molar-refractivity contribution in [2.45, 2.75) is 6.92 Å². The lowest BCUT2D eigenvalue weighted by molar-refractivity contribution is 1.17. The number of hydrogen-bond acceptors (Lipinski definition) is 2. The van der Waals surface area contributed by atoms with E-state index in [-0.39, 0.29) is 0 Å². The molecule has 0 N–H and O–H groups in total. The van der Waals surface area contributed by atoms with Crippen molar-refractivity contribution in [3.05, 3.63) is 26.9 Å². The van der Waals surface area contributed by atoms with Gasteiger partial charge in [-0.1, -0.05) is 11.6 Å². The van der Waals surface area contributed by atoms with Crippen molar-refractivity contribution in [3.63, 3.8) is 0 Å². The molecule has 0 atom stereocenters. The second-order valence-corrected chi connectivity index (χ2v) is 3.22. The summed E-state index contributed by atoms with van der Waals surface area (Å²) in [6.45, 7) is 1.75. The van der Waals surface area contributed by atoms with E-state index in [1.54, 1.807) is 13.0 Å². The number of hydrogen-bond donors (Lipinski definition) is 0. The molecule has 0 aliphatic rings. The summed E-state index contributed by atoms with van der Waals surface area (Å²) in [6, 6.07) is 3.67. The molecule has 1 rings (SSSR count). The van der Waals surface area contributed by atoms with Crippen molar-refractivity contribution < 1.29 is 0 Å². The highest BCUT2D eigenvalue weighted by molar-refractivity contribution is 9.10. The molecule has 0 aromatic carbocycles. The number of pyridine rings is 1. The fraction of sp³-hybridized carbons (Fsp3) is 0.143. The molecule has 0 unspecified atom stereocenters. The fourth-order valence-electron chi connectivity index (χ4n) is 0.665. The van der Waals surface area contributed by atoms with Crippen molar-refractivity contribution in [1.29, 1.82) is 5.26 Å². The van der Waals surface area contributed by atoms with Gasteiger partial charge >= 0.3 is 0 Å². The molecule has 2 nitrogen and oxygen atoms in total. The summed E-state index contributed by atoms with van der Waals surface area (Å²) < 4.78 is 0.654. The van der Waals surface area contributed by atoms with Gasteiger partial charge in [-0.2, -0.15) is 5.26 Å². The predicted octanol–water partition coefficient (Wildman–Crippen LogP) is 2.68. The molecule has 0 amide bonds. The van der Waals surface area contributed by atoms with E-state index in [2.05, 4.69) is 20.9 Å². The number of aromatic nitrogens is 1. The van der Waals surface area contributed by atoms with Crippen molar-refractivity contribution in [3.8, 4) is 6.07 Å². The largest absolute Gasteiger partial charge is 0.239 e. The van der Waals surface area contributed by atoms with Crippen LogP contribution in [-0.2, 0) is 0 Å². The third-order valence-electron chi connectivity index (χ3n) is 1.24. The first-order chi connectivity index (χ1) is 5.15. The highest BCUT2D eigenvalue weighted by Crippen LogP contribution is 2.22. The van der Waals surface area contributed by atoms with Gasteiger partial charge < -0.3 is 0 Å². The van der Waals surface area contributed by atoms with Gasteiger partial charge in [-0.15, -0.1) is 0 Å². The molecule has 0 bridgehead atoms. The van der Waals surface area contributed by atoms with Gasteiger partial charge in [0.15, 0.2) is 0 Å². The zero-order valence-electron chi connectivity index (χ0n) is 5.73. The summed E-state index contributed by atoms with van der Waals surface area (Å²) in [6.07, 6.45) is 0. The van der Waals surface area contributed by atoms with E-state index in [1.165, 1.54) is 0 Å². The number of aryl methyl sites for hydroxylation is 1. The molecule has 0 aliphatic heterocycles. The third-order valence-corrected chi connectivity index (χ3v) is 2.37. The Hall–Kier alpha value is -0.590. The van der Waals surface area contributed by atoms with Crippen molar-refractivity contribution in [1.82, 2.24) is 4.98 Å². The quantitative estimate of drug-likeness (QED) is 0.644. The summed E-state index contributed by atoms with van der Waals surface area (Å²) in [7, 11) is 0. The molecule has 11 heavy (non-hydrogen) atoms. The molecule has 1 heterocycles. The van der Waals surface area contributed by atoms with Gasteiger partial charge in [0.05, 0.1) is 15.7 Å². The molecule has 0 spiro atoms. The highest BCUT2D eigenvalue weighted by atomic mass is 79.9. The fourth-order valence-corrected chi connectivity index (χ4v) is 1.16. The topological polar surface area (TPSA) is 36.7 Å². The lowest BCUT2D eigenvalue weighted by atomic mass is 10.2. The molecule has 0 saturated heterocycles. The van der Waals surface area contributed by atoms with Crippen LogP contribution in [0.5, 0.6) is 0 Å². The standard InChI is InChI=1S/C7H4BrClN2/c1-4-5(3-10)2-6(8)7(9)11-4/h2H,1H3. The van der Waals surface area contributed by atoms with Crippen molar-refractivity contribution in [2.75, 3.05) is 0 Å². The van der Waals surface area contributed by atoms with Crippen LogP contribution in [-0.4, -0.2) is 4.98 Å². The summed E-state index contributed by atoms with van der Waals surface area (Å²) in [4.78, 5) is 3.94. The van der Waals surface area contributed by atoms with Crippen LogP contribution in [0, 0.1) is 18.3 Å². The first kappa shape index (κ1) is 8.51. The molecule has 0 fully saturated rings. The minimum Gasteiger partial charge on any atom is -0.239 e. The minimum absolute atomic E-state index is 0.390. The number of nitriles is 1. The zero-order chi connectivity index (χ0) is 8.43. The van der Waals surface area contributed by atoms with Crippen molar-refractivity contribution in [2.24, 2.45) is 0 Å². The molecule has 1 aromatic rings. The lowest BCUT2D eigenvalue weighted by Gasteiger charge is -1.98. The maximum absolute atomic E-state index is 8.58. The smallest absolute Gasteiger partial charge is 0.143 e. The first-order valence-electron chi connectivity index (χ1n) is 2.88. The SMILES string of the molecule is Cc1nc(Cl)c(Br)cc1C#N. The van der Waals surface area contributed by atoms with Gasteiger partial charge in [-0.3, -0.25) is 0 Å². The normalized spacial score (nSPS) is 9.27. The van der Waals surface area contributed by atoms with E-state index < -0.39 is 0 Å². The van der Waals surface area contributed by atoms with E-state index in [0.717, 1.165) is 0 Å². The Morgan fingerprint density at radius 2 is 2.36 bits per heavy atom. The molecule has 0 radical (unpaired) electrons. The van der Waals surface area contributed by atoms with Crippen LogP contribution in [0.4, 0.5) is 0 Å². The van der Waals surface area contributed by atoms with E-state index in [1.807, 2.05) is 6.07 Å². The van der Waals surface area contributed by atoms with Crippen LogP contribution in [0.3, 0.4) is 0 Å². The van der Waals surface area contributed by atoms with Gasteiger partial charge in [0.25, 0.3) is 0 Å². The van der Waals surface area contributed by atoms with Gasteiger partial charge in [0, 0.05) is 0 Å². The van der Waals surface area contributed by atoms with Crippen LogP contribution in [0.1, 0.15) is 11.3 Å². The number of halogens is 2. The second-order valence-electron chi connectivity index (χ2n) is 2.01. The van der Waals surface area contributed by atoms with Gasteiger partial charge in [0.2, 0.25) is 0 Å². The van der Waals surface area contributed by atoms with E-state index in [0.29, 0.717) is 20.9 Å². The van der Waals surface area contributed by atoms with Gasteiger partial charge in [-0.25, -0.2) is 4.98 Å². The number of rotatable bonds is 0. The van der Waals surface area contributed by atoms with Gasteiger partial charge in [0.1, 0.15) is 11.2 Å². The van der Waals surface area contributed by atoms with E-state index >= 15 is 0 Å². The monoisotopic (exact) mass is 230 g/mol. The highest BCUT2D eigenvalue weighted by Gasteiger charge is 2.03. The van der Waals surface area contributed by atoms with Crippen LogP contribution >= 0.6 is 27.5 Å². The maximum atomic E-state index is 8.58. The third kappa shape index (κ3) is 1.70. The van der Waals surface area contributed by atoms with E-state index in [4.69, 9.17) is 16.9 Å². The molecule has 56 valence electrons. The second kappa shape index (κ2) is 3.21. The Morgan fingerprint density at radius 3 is 2.91 bits per heavy atom. The van der Waals surface area contributed by atoms with Crippen LogP contribution < -0.4 is 0 Å². The Bertz CT molecular complexity index is 330. The van der Waals surface area contributed by atoms with Crippen LogP contribution in [0.2, 0.25) is 5.15 Å².